The van der Waals surface area contributed by atoms with Crippen molar-refractivity contribution in [2.75, 3.05) is 24.3 Å². The summed E-state index contributed by atoms with van der Waals surface area (Å²) < 4.78 is 0. The van der Waals surface area contributed by atoms with Gasteiger partial charge in [0.05, 0.1) is 11.6 Å². The lowest BCUT2D eigenvalue weighted by molar-refractivity contribution is 1.09. The average Bonchev–Trinajstić information content (AvgIpc) is 2.85. The molecule has 1 aromatic carbocycles. The molecule has 0 spiro atoms. The van der Waals surface area contributed by atoms with E-state index in [1.807, 2.05) is 6.20 Å². The van der Waals surface area contributed by atoms with Crippen LogP contribution in [-0.4, -0.2) is 19.1 Å². The maximum absolute atomic E-state index is 4.38. The Morgan fingerprint density at radius 2 is 2.11 bits per heavy atom. The number of thiazole rings is 1. The molecule has 0 amide bonds. The van der Waals surface area contributed by atoms with Crippen LogP contribution in [0.2, 0.25) is 0 Å². The summed E-state index contributed by atoms with van der Waals surface area (Å²) in [6, 6.07) is 6.48. The van der Waals surface area contributed by atoms with Crippen molar-refractivity contribution in [2.45, 2.75) is 26.8 Å². The summed E-state index contributed by atoms with van der Waals surface area (Å²) in [6.45, 7) is 5.12. The normalized spacial score (nSPS) is 10.5. The largest absolute Gasteiger partial charge is 0.380 e. The van der Waals surface area contributed by atoms with Crippen molar-refractivity contribution in [3.05, 3.63) is 39.8 Å². The van der Waals surface area contributed by atoms with Gasteiger partial charge < -0.3 is 10.2 Å². The van der Waals surface area contributed by atoms with Gasteiger partial charge in [0.25, 0.3) is 0 Å². The first kappa shape index (κ1) is 13.9. The Hall–Kier alpha value is -1.55. The van der Waals surface area contributed by atoms with Crippen molar-refractivity contribution in [1.82, 2.24) is 4.98 Å². The molecular weight excluding hydrogens is 254 g/mol. The Balaban J connectivity index is 2.03. The highest BCUT2D eigenvalue weighted by atomic mass is 32.1. The van der Waals surface area contributed by atoms with Gasteiger partial charge in [-0.1, -0.05) is 6.92 Å². The van der Waals surface area contributed by atoms with Crippen molar-refractivity contribution in [3.8, 4) is 0 Å². The van der Waals surface area contributed by atoms with E-state index in [1.54, 1.807) is 11.3 Å². The van der Waals surface area contributed by atoms with Crippen molar-refractivity contribution in [1.29, 1.82) is 0 Å². The predicted molar refractivity (Wildman–Crippen MR) is 84.3 cm³/mol. The number of nitrogens with one attached hydrogen (secondary N) is 1. The fourth-order valence-electron chi connectivity index (χ4n) is 1.90. The first-order valence-corrected chi connectivity index (χ1v) is 7.37. The van der Waals surface area contributed by atoms with Gasteiger partial charge in [0.2, 0.25) is 0 Å². The van der Waals surface area contributed by atoms with E-state index in [-0.39, 0.29) is 0 Å². The van der Waals surface area contributed by atoms with Gasteiger partial charge in [0, 0.05) is 36.5 Å². The van der Waals surface area contributed by atoms with Gasteiger partial charge in [0.15, 0.2) is 0 Å². The van der Waals surface area contributed by atoms with Gasteiger partial charge in [-0.15, -0.1) is 11.3 Å². The fourth-order valence-corrected chi connectivity index (χ4v) is 2.70. The second-order valence-corrected chi connectivity index (χ2v) is 6.02. The molecule has 19 heavy (non-hydrogen) atoms. The molecule has 0 saturated carbocycles. The summed E-state index contributed by atoms with van der Waals surface area (Å²) in [5, 5.41) is 4.69. The van der Waals surface area contributed by atoms with E-state index in [0.717, 1.165) is 13.0 Å². The zero-order valence-electron chi connectivity index (χ0n) is 12.0. The van der Waals surface area contributed by atoms with Crippen molar-refractivity contribution in [2.24, 2.45) is 0 Å². The summed E-state index contributed by atoms with van der Waals surface area (Å²) in [4.78, 5) is 7.78. The molecule has 1 heterocycles. The van der Waals surface area contributed by atoms with E-state index in [2.05, 4.69) is 61.3 Å². The molecule has 0 radical (unpaired) electrons. The lowest BCUT2D eigenvalue weighted by Gasteiger charge is -2.15. The topological polar surface area (TPSA) is 28.2 Å². The second kappa shape index (κ2) is 6.06. The summed E-state index contributed by atoms with van der Waals surface area (Å²) in [6.07, 6.45) is 2.99. The van der Waals surface area contributed by atoms with Gasteiger partial charge in [-0.05, 0) is 37.1 Å². The van der Waals surface area contributed by atoms with Crippen LogP contribution in [0.4, 0.5) is 11.4 Å². The van der Waals surface area contributed by atoms with Gasteiger partial charge in [-0.3, -0.25) is 0 Å². The van der Waals surface area contributed by atoms with Crippen molar-refractivity contribution in [3.63, 3.8) is 0 Å². The van der Waals surface area contributed by atoms with Crippen LogP contribution >= 0.6 is 11.3 Å². The maximum atomic E-state index is 4.38. The number of rotatable bonds is 5. The molecule has 0 aliphatic carbocycles. The van der Waals surface area contributed by atoms with E-state index >= 15 is 0 Å². The number of benzene rings is 1. The molecule has 0 unspecified atom stereocenters. The highest BCUT2D eigenvalue weighted by Crippen LogP contribution is 2.22. The first-order chi connectivity index (χ1) is 9.10. The van der Waals surface area contributed by atoms with Crippen molar-refractivity contribution < 1.29 is 0 Å². The van der Waals surface area contributed by atoms with Crippen LogP contribution in [-0.2, 0) is 13.0 Å². The smallest absolute Gasteiger partial charge is 0.0925 e. The standard InChI is InChI=1S/C15H21N3S/c1-5-15-17-10-13(19-15)9-16-14-7-6-12(18(3)4)8-11(14)2/h6-8,10,16H,5,9H2,1-4H3. The van der Waals surface area contributed by atoms with Crippen LogP contribution in [0.5, 0.6) is 0 Å². The van der Waals surface area contributed by atoms with Crippen LogP contribution in [0.3, 0.4) is 0 Å². The Morgan fingerprint density at radius 1 is 1.32 bits per heavy atom. The highest BCUT2D eigenvalue weighted by molar-refractivity contribution is 7.11. The third kappa shape index (κ3) is 3.47. The zero-order chi connectivity index (χ0) is 13.8. The Morgan fingerprint density at radius 3 is 2.68 bits per heavy atom. The number of aryl methyl sites for hydroxylation is 2. The minimum atomic E-state index is 0.847. The van der Waals surface area contributed by atoms with E-state index in [4.69, 9.17) is 0 Å². The van der Waals surface area contributed by atoms with Crippen LogP contribution in [0.1, 0.15) is 22.4 Å². The number of aromatic nitrogens is 1. The summed E-state index contributed by atoms with van der Waals surface area (Å²) >= 11 is 1.78. The predicted octanol–water partition coefficient (Wildman–Crippen LogP) is 3.69. The molecule has 1 aromatic heterocycles. The first-order valence-electron chi connectivity index (χ1n) is 6.55. The van der Waals surface area contributed by atoms with Crippen LogP contribution in [0.15, 0.2) is 24.4 Å². The average molecular weight is 275 g/mol. The third-order valence-electron chi connectivity index (χ3n) is 3.08. The molecular formula is C15H21N3S. The van der Waals surface area contributed by atoms with Crippen LogP contribution < -0.4 is 10.2 Å². The number of nitrogens with zero attached hydrogens (tertiary/aromatic N) is 2. The molecule has 0 aliphatic heterocycles. The highest BCUT2D eigenvalue weighted by Gasteiger charge is 2.03. The fraction of sp³-hybridized carbons (Fsp3) is 0.400. The van der Waals surface area contributed by atoms with Gasteiger partial charge >= 0.3 is 0 Å². The van der Waals surface area contributed by atoms with Crippen LogP contribution in [0, 0.1) is 6.92 Å². The monoisotopic (exact) mass is 275 g/mol. The Labute approximate surface area is 119 Å². The van der Waals surface area contributed by atoms with E-state index < -0.39 is 0 Å². The van der Waals surface area contributed by atoms with Crippen molar-refractivity contribution >= 4 is 22.7 Å². The molecule has 102 valence electrons. The summed E-state index contributed by atoms with van der Waals surface area (Å²) in [5.74, 6) is 0. The minimum Gasteiger partial charge on any atom is -0.380 e. The number of anilines is 2. The third-order valence-corrected chi connectivity index (χ3v) is 4.22. The summed E-state index contributed by atoms with van der Waals surface area (Å²) in [5.41, 5.74) is 3.69. The summed E-state index contributed by atoms with van der Waals surface area (Å²) in [7, 11) is 4.12. The molecule has 0 fully saturated rings. The molecule has 0 saturated heterocycles. The van der Waals surface area contributed by atoms with Crippen LogP contribution in [0.25, 0.3) is 0 Å². The van der Waals surface area contributed by atoms with E-state index in [1.165, 1.54) is 26.8 Å². The van der Waals surface area contributed by atoms with Gasteiger partial charge in [0.1, 0.15) is 0 Å². The Bertz CT molecular complexity index is 546. The van der Waals surface area contributed by atoms with Gasteiger partial charge in [-0.2, -0.15) is 0 Å². The molecule has 0 aliphatic rings. The lowest BCUT2D eigenvalue weighted by Crippen LogP contribution is -2.09. The molecule has 3 nitrogen and oxygen atoms in total. The SMILES string of the molecule is CCc1ncc(CNc2ccc(N(C)C)cc2C)s1. The molecule has 2 aromatic rings. The zero-order valence-corrected chi connectivity index (χ0v) is 12.8. The second-order valence-electron chi connectivity index (χ2n) is 4.82. The number of hydrogen-bond donors (Lipinski definition) is 1. The minimum absolute atomic E-state index is 0.847. The molecule has 2 rings (SSSR count). The molecule has 1 N–H and O–H groups in total. The molecule has 0 bridgehead atoms. The molecule has 4 heteroatoms. The quantitative estimate of drug-likeness (QED) is 0.902. The lowest BCUT2D eigenvalue weighted by atomic mass is 10.1. The Kier molecular flexibility index (Phi) is 4.43. The van der Waals surface area contributed by atoms with Gasteiger partial charge in [-0.25, -0.2) is 4.98 Å². The van der Waals surface area contributed by atoms with E-state index in [0.29, 0.717) is 0 Å². The maximum Gasteiger partial charge on any atom is 0.0925 e. The molecule has 0 atom stereocenters. The van der Waals surface area contributed by atoms with E-state index in [9.17, 15) is 0 Å². The number of hydrogen-bond acceptors (Lipinski definition) is 4.